The van der Waals surface area contributed by atoms with E-state index in [1.807, 2.05) is 17.4 Å². The highest BCUT2D eigenvalue weighted by Gasteiger charge is 2.15. The Morgan fingerprint density at radius 2 is 1.95 bits per heavy atom. The smallest absolute Gasteiger partial charge is 0.172 e. The molecule has 106 valence electrons. The number of pyridine rings is 1. The predicted molar refractivity (Wildman–Crippen MR) is 90.5 cm³/mol. The second kappa shape index (κ2) is 4.72. The Bertz CT molecular complexity index is 967. The molecular weight excluding hydrogens is 302 g/mol. The van der Waals surface area contributed by atoms with Crippen molar-refractivity contribution in [2.75, 3.05) is 0 Å². The fourth-order valence-electron chi connectivity index (χ4n) is 2.80. The summed E-state index contributed by atoms with van der Waals surface area (Å²) >= 11 is 8.00. The van der Waals surface area contributed by atoms with E-state index in [4.69, 9.17) is 16.0 Å². The Morgan fingerprint density at radius 1 is 1.14 bits per heavy atom. The van der Waals surface area contributed by atoms with Crippen LogP contribution in [0.5, 0.6) is 0 Å². The second-order valence-electron chi connectivity index (χ2n) is 5.75. The summed E-state index contributed by atoms with van der Waals surface area (Å²) in [5, 5.41) is 3.74. The van der Waals surface area contributed by atoms with Gasteiger partial charge in [-0.2, -0.15) is 0 Å². The van der Waals surface area contributed by atoms with Crippen molar-refractivity contribution in [3.8, 4) is 0 Å². The van der Waals surface area contributed by atoms with Crippen LogP contribution in [0, 0.1) is 5.92 Å². The predicted octanol–water partition coefficient (Wildman–Crippen LogP) is 6.05. The molecule has 0 amide bonds. The van der Waals surface area contributed by atoms with E-state index in [2.05, 4.69) is 37.0 Å². The van der Waals surface area contributed by atoms with Crippen molar-refractivity contribution in [2.24, 2.45) is 5.92 Å². The maximum Gasteiger partial charge on any atom is 0.172 e. The van der Waals surface area contributed by atoms with Crippen LogP contribution in [-0.2, 0) is 6.42 Å². The topological polar surface area (TPSA) is 26.0 Å². The molecule has 0 unspecified atom stereocenters. The van der Waals surface area contributed by atoms with Crippen LogP contribution in [0.2, 0.25) is 5.15 Å². The van der Waals surface area contributed by atoms with Crippen molar-refractivity contribution in [2.45, 2.75) is 20.3 Å². The van der Waals surface area contributed by atoms with E-state index in [1.165, 1.54) is 15.0 Å². The van der Waals surface area contributed by atoms with Gasteiger partial charge in [0.25, 0.3) is 0 Å². The number of aromatic nitrogens is 1. The zero-order valence-electron chi connectivity index (χ0n) is 11.8. The standard InChI is InChI=1S/C17H14ClNOS/c1-9(2)7-10-8-13-14(21-10)4-3-11-12-5-6-19-17(18)16(12)20-15(11)13/h3-6,8-9H,7H2,1-2H3. The summed E-state index contributed by atoms with van der Waals surface area (Å²) in [5.74, 6) is 0.655. The molecule has 2 nitrogen and oxygen atoms in total. The van der Waals surface area contributed by atoms with Crippen molar-refractivity contribution < 1.29 is 4.42 Å². The third kappa shape index (κ3) is 2.03. The van der Waals surface area contributed by atoms with E-state index in [9.17, 15) is 0 Å². The maximum atomic E-state index is 6.15. The highest BCUT2D eigenvalue weighted by molar-refractivity contribution is 7.19. The molecule has 0 aliphatic heterocycles. The lowest BCUT2D eigenvalue weighted by Gasteiger charge is -1.98. The van der Waals surface area contributed by atoms with Gasteiger partial charge < -0.3 is 4.42 Å². The number of benzene rings is 1. The molecule has 0 saturated carbocycles. The van der Waals surface area contributed by atoms with Crippen molar-refractivity contribution in [3.63, 3.8) is 0 Å². The van der Waals surface area contributed by atoms with Gasteiger partial charge in [0.1, 0.15) is 5.58 Å². The number of furan rings is 1. The van der Waals surface area contributed by atoms with Crippen LogP contribution in [0.3, 0.4) is 0 Å². The zero-order valence-corrected chi connectivity index (χ0v) is 13.4. The third-order valence-corrected chi connectivity index (χ3v) is 5.06. The van der Waals surface area contributed by atoms with Crippen LogP contribution in [-0.4, -0.2) is 4.98 Å². The first kappa shape index (κ1) is 13.1. The van der Waals surface area contributed by atoms with Gasteiger partial charge in [0, 0.05) is 31.9 Å². The Labute approximate surface area is 131 Å². The molecule has 0 aliphatic rings. The molecule has 0 spiro atoms. The first-order chi connectivity index (χ1) is 10.1. The number of nitrogens with zero attached hydrogens (tertiary/aromatic N) is 1. The highest BCUT2D eigenvalue weighted by atomic mass is 35.5. The van der Waals surface area contributed by atoms with Gasteiger partial charge in [-0.05, 0) is 36.6 Å². The van der Waals surface area contributed by atoms with Gasteiger partial charge in [0.15, 0.2) is 10.7 Å². The average Bonchev–Trinajstić information content (AvgIpc) is 2.99. The number of rotatable bonds is 2. The third-order valence-electron chi connectivity index (χ3n) is 3.67. The molecule has 21 heavy (non-hydrogen) atoms. The van der Waals surface area contributed by atoms with E-state index < -0.39 is 0 Å². The lowest BCUT2D eigenvalue weighted by Crippen LogP contribution is -1.89. The van der Waals surface area contributed by atoms with Gasteiger partial charge in [-0.1, -0.05) is 25.4 Å². The fraction of sp³-hybridized carbons (Fsp3) is 0.235. The van der Waals surface area contributed by atoms with Crippen molar-refractivity contribution in [1.82, 2.24) is 4.98 Å². The van der Waals surface area contributed by atoms with E-state index in [1.54, 1.807) is 6.20 Å². The minimum absolute atomic E-state index is 0.425. The molecule has 0 aliphatic carbocycles. The van der Waals surface area contributed by atoms with Crippen LogP contribution in [0.15, 0.2) is 34.9 Å². The fourth-order valence-corrected chi connectivity index (χ4v) is 4.27. The number of hydrogen-bond donors (Lipinski definition) is 0. The van der Waals surface area contributed by atoms with Crippen LogP contribution in [0.1, 0.15) is 18.7 Å². The molecule has 3 heterocycles. The van der Waals surface area contributed by atoms with E-state index in [-0.39, 0.29) is 0 Å². The van der Waals surface area contributed by atoms with Gasteiger partial charge in [-0.25, -0.2) is 4.98 Å². The van der Waals surface area contributed by atoms with Crippen molar-refractivity contribution in [1.29, 1.82) is 0 Å². The summed E-state index contributed by atoms with van der Waals surface area (Å²) in [6.07, 6.45) is 2.82. The first-order valence-electron chi connectivity index (χ1n) is 7.01. The molecule has 0 saturated heterocycles. The molecule has 4 aromatic rings. The Morgan fingerprint density at radius 3 is 2.76 bits per heavy atom. The number of hydrogen-bond acceptors (Lipinski definition) is 3. The van der Waals surface area contributed by atoms with Gasteiger partial charge in [0.2, 0.25) is 0 Å². The summed E-state index contributed by atoms with van der Waals surface area (Å²) in [7, 11) is 0. The van der Waals surface area contributed by atoms with Gasteiger partial charge in [0.05, 0.1) is 0 Å². The molecule has 0 fully saturated rings. The van der Waals surface area contributed by atoms with Crippen LogP contribution < -0.4 is 0 Å². The maximum absolute atomic E-state index is 6.15. The van der Waals surface area contributed by atoms with Crippen molar-refractivity contribution in [3.05, 3.63) is 40.5 Å². The average molecular weight is 316 g/mol. The van der Waals surface area contributed by atoms with Gasteiger partial charge in [-0.3, -0.25) is 0 Å². The molecule has 3 aromatic heterocycles. The molecule has 0 radical (unpaired) electrons. The number of halogens is 1. The second-order valence-corrected chi connectivity index (χ2v) is 7.27. The lowest BCUT2D eigenvalue weighted by atomic mass is 10.1. The van der Waals surface area contributed by atoms with Gasteiger partial charge >= 0.3 is 0 Å². The molecular formula is C17H14ClNOS. The van der Waals surface area contributed by atoms with Crippen LogP contribution in [0.25, 0.3) is 32.0 Å². The van der Waals surface area contributed by atoms with E-state index >= 15 is 0 Å². The number of fused-ring (bicyclic) bond motifs is 5. The largest absolute Gasteiger partial charge is 0.452 e. The van der Waals surface area contributed by atoms with E-state index in [0.29, 0.717) is 16.7 Å². The summed E-state index contributed by atoms with van der Waals surface area (Å²) in [4.78, 5) is 5.50. The minimum Gasteiger partial charge on any atom is -0.452 e. The van der Waals surface area contributed by atoms with Crippen molar-refractivity contribution >= 4 is 55.0 Å². The molecule has 4 heteroatoms. The summed E-state index contributed by atoms with van der Waals surface area (Å²) in [6.45, 7) is 4.49. The number of thiophene rings is 1. The Balaban J connectivity index is 2.06. The Kier molecular flexibility index (Phi) is 2.95. The highest BCUT2D eigenvalue weighted by Crippen LogP contribution is 2.39. The lowest BCUT2D eigenvalue weighted by molar-refractivity contribution is 0.654. The molecule has 4 rings (SSSR count). The zero-order chi connectivity index (χ0) is 14.6. The summed E-state index contributed by atoms with van der Waals surface area (Å²) in [5.41, 5.74) is 1.60. The first-order valence-corrected chi connectivity index (χ1v) is 8.21. The monoisotopic (exact) mass is 315 g/mol. The normalized spacial score (nSPS) is 12.2. The summed E-state index contributed by atoms with van der Waals surface area (Å²) < 4.78 is 7.29. The quantitative estimate of drug-likeness (QED) is 0.421. The molecule has 0 N–H and O–H groups in total. The summed E-state index contributed by atoms with van der Waals surface area (Å²) in [6, 6.07) is 8.51. The molecule has 0 bridgehead atoms. The van der Waals surface area contributed by atoms with Gasteiger partial charge in [-0.15, -0.1) is 11.3 Å². The van der Waals surface area contributed by atoms with Crippen LogP contribution in [0.4, 0.5) is 0 Å². The molecule has 0 atom stereocenters. The van der Waals surface area contributed by atoms with Crippen LogP contribution >= 0.6 is 22.9 Å². The Hall–Kier alpha value is -1.58. The molecule has 1 aromatic carbocycles. The van der Waals surface area contributed by atoms with E-state index in [0.717, 1.165) is 22.8 Å². The SMILES string of the molecule is CC(C)Cc1cc2c(ccc3c4ccnc(Cl)c4oc23)s1. The minimum atomic E-state index is 0.425.